The molecule has 0 unspecified atom stereocenters. The molecule has 1 aromatic rings. The van der Waals surface area contributed by atoms with E-state index in [9.17, 15) is 0 Å². The van der Waals surface area contributed by atoms with Crippen LogP contribution in [-0.4, -0.2) is 41.8 Å². The lowest BCUT2D eigenvalue weighted by Crippen LogP contribution is -2.46. The highest BCUT2D eigenvalue weighted by Gasteiger charge is 2.25. The number of aromatic nitrogens is 2. The zero-order valence-corrected chi connectivity index (χ0v) is 12.5. The predicted octanol–water partition coefficient (Wildman–Crippen LogP) is 2.14. The Labute approximate surface area is 115 Å². The molecule has 2 atom stereocenters. The first kappa shape index (κ1) is 14.1. The van der Waals surface area contributed by atoms with Crippen molar-refractivity contribution in [2.75, 3.05) is 29.9 Å². The van der Waals surface area contributed by atoms with Crippen molar-refractivity contribution in [3.8, 4) is 0 Å². The second kappa shape index (κ2) is 5.74. The lowest BCUT2D eigenvalue weighted by atomic mass is 10.2. The van der Waals surface area contributed by atoms with Gasteiger partial charge in [0.15, 0.2) is 0 Å². The standard InChI is InChI=1S/C14H24N4O/c1-6-15-13-11(4)14(17-12(5)16-13)18-7-9(2)19-10(3)8-18/h9-10H,6-8H2,1-5H3,(H,15,16,17)/t9-,10+. The fourth-order valence-electron chi connectivity index (χ4n) is 2.61. The van der Waals surface area contributed by atoms with Crippen molar-refractivity contribution in [3.05, 3.63) is 11.4 Å². The number of ether oxygens (including phenoxy) is 1. The van der Waals surface area contributed by atoms with Crippen molar-refractivity contribution >= 4 is 11.6 Å². The first-order valence-electron chi connectivity index (χ1n) is 7.00. The zero-order valence-electron chi connectivity index (χ0n) is 12.5. The van der Waals surface area contributed by atoms with E-state index in [1.165, 1.54) is 0 Å². The van der Waals surface area contributed by atoms with Crippen molar-refractivity contribution < 1.29 is 4.74 Å². The summed E-state index contributed by atoms with van der Waals surface area (Å²) < 4.78 is 5.79. The van der Waals surface area contributed by atoms with Crippen LogP contribution in [0.15, 0.2) is 0 Å². The highest BCUT2D eigenvalue weighted by atomic mass is 16.5. The van der Waals surface area contributed by atoms with Crippen LogP contribution < -0.4 is 10.2 Å². The molecule has 106 valence electrons. The van der Waals surface area contributed by atoms with Gasteiger partial charge in [-0.05, 0) is 34.6 Å². The van der Waals surface area contributed by atoms with Gasteiger partial charge in [-0.1, -0.05) is 0 Å². The van der Waals surface area contributed by atoms with Crippen molar-refractivity contribution in [1.29, 1.82) is 0 Å². The highest BCUT2D eigenvalue weighted by molar-refractivity contribution is 5.58. The van der Waals surface area contributed by atoms with Gasteiger partial charge in [-0.15, -0.1) is 0 Å². The molecular formula is C14H24N4O. The first-order chi connectivity index (χ1) is 9.01. The number of rotatable bonds is 3. The Morgan fingerprint density at radius 2 is 1.84 bits per heavy atom. The van der Waals surface area contributed by atoms with Crippen LogP contribution in [0.3, 0.4) is 0 Å². The predicted molar refractivity (Wildman–Crippen MR) is 77.9 cm³/mol. The normalized spacial score (nSPS) is 23.5. The molecule has 1 aliphatic rings. The van der Waals surface area contributed by atoms with Gasteiger partial charge in [0.2, 0.25) is 0 Å². The molecule has 0 aromatic carbocycles. The highest BCUT2D eigenvalue weighted by Crippen LogP contribution is 2.26. The molecule has 2 heterocycles. The zero-order chi connectivity index (χ0) is 14.0. The van der Waals surface area contributed by atoms with Gasteiger partial charge >= 0.3 is 0 Å². The summed E-state index contributed by atoms with van der Waals surface area (Å²) in [5.41, 5.74) is 1.12. The van der Waals surface area contributed by atoms with Crippen LogP contribution in [0.5, 0.6) is 0 Å². The molecule has 1 saturated heterocycles. The Bertz CT molecular complexity index is 439. The van der Waals surface area contributed by atoms with Crippen LogP contribution in [0.4, 0.5) is 11.6 Å². The third kappa shape index (κ3) is 3.15. The average molecular weight is 264 g/mol. The topological polar surface area (TPSA) is 50.3 Å². The van der Waals surface area contributed by atoms with E-state index in [1.54, 1.807) is 0 Å². The molecule has 1 fully saturated rings. The second-order valence-electron chi connectivity index (χ2n) is 5.26. The third-order valence-corrected chi connectivity index (χ3v) is 3.30. The molecule has 0 aliphatic carbocycles. The Kier molecular flexibility index (Phi) is 4.24. The van der Waals surface area contributed by atoms with Crippen LogP contribution in [0.25, 0.3) is 0 Å². The molecule has 1 aliphatic heterocycles. The molecule has 19 heavy (non-hydrogen) atoms. The van der Waals surface area contributed by atoms with E-state index in [4.69, 9.17) is 4.74 Å². The van der Waals surface area contributed by atoms with Crippen LogP contribution >= 0.6 is 0 Å². The van der Waals surface area contributed by atoms with Crippen molar-refractivity contribution in [2.24, 2.45) is 0 Å². The Morgan fingerprint density at radius 3 is 2.42 bits per heavy atom. The Hall–Kier alpha value is -1.36. The van der Waals surface area contributed by atoms with Crippen LogP contribution in [0, 0.1) is 13.8 Å². The minimum atomic E-state index is 0.237. The van der Waals surface area contributed by atoms with E-state index in [-0.39, 0.29) is 12.2 Å². The number of hydrogen-bond acceptors (Lipinski definition) is 5. The summed E-state index contributed by atoms with van der Waals surface area (Å²) >= 11 is 0. The minimum absolute atomic E-state index is 0.237. The third-order valence-electron chi connectivity index (χ3n) is 3.30. The lowest BCUT2D eigenvalue weighted by molar-refractivity contribution is -0.00550. The van der Waals surface area contributed by atoms with Crippen molar-refractivity contribution in [1.82, 2.24) is 9.97 Å². The maximum atomic E-state index is 5.79. The first-order valence-corrected chi connectivity index (χ1v) is 7.00. The van der Waals surface area contributed by atoms with Crippen LogP contribution in [0.2, 0.25) is 0 Å². The Balaban J connectivity index is 2.32. The molecule has 5 nitrogen and oxygen atoms in total. The summed E-state index contributed by atoms with van der Waals surface area (Å²) in [4.78, 5) is 11.4. The quantitative estimate of drug-likeness (QED) is 0.906. The average Bonchev–Trinajstić information content (AvgIpc) is 2.32. The van der Waals surface area contributed by atoms with Crippen LogP contribution in [0.1, 0.15) is 32.2 Å². The van der Waals surface area contributed by atoms with Crippen molar-refractivity contribution in [2.45, 2.75) is 46.8 Å². The second-order valence-corrected chi connectivity index (χ2v) is 5.26. The van der Waals surface area contributed by atoms with E-state index in [0.717, 1.165) is 42.7 Å². The number of hydrogen-bond donors (Lipinski definition) is 1. The molecule has 0 bridgehead atoms. The lowest BCUT2D eigenvalue weighted by Gasteiger charge is -2.37. The summed E-state index contributed by atoms with van der Waals surface area (Å²) in [5.74, 6) is 2.78. The summed E-state index contributed by atoms with van der Waals surface area (Å²) in [7, 11) is 0. The van der Waals surface area contributed by atoms with Gasteiger partial charge in [-0.25, -0.2) is 9.97 Å². The Morgan fingerprint density at radius 1 is 1.21 bits per heavy atom. The molecule has 1 aromatic heterocycles. The molecule has 0 radical (unpaired) electrons. The summed E-state index contributed by atoms with van der Waals surface area (Å²) in [6, 6.07) is 0. The molecule has 0 amide bonds. The fourth-order valence-corrected chi connectivity index (χ4v) is 2.61. The SMILES string of the molecule is CCNc1nc(C)nc(N2C[C@@H](C)O[C@@H](C)C2)c1C. The molecule has 2 rings (SSSR count). The smallest absolute Gasteiger partial charge is 0.137 e. The van der Waals surface area contributed by atoms with Gasteiger partial charge in [0.25, 0.3) is 0 Å². The van der Waals surface area contributed by atoms with Gasteiger partial charge < -0.3 is 15.0 Å². The van der Waals surface area contributed by atoms with Gasteiger partial charge in [0.05, 0.1) is 12.2 Å². The maximum absolute atomic E-state index is 5.79. The number of morpholine rings is 1. The summed E-state index contributed by atoms with van der Waals surface area (Å²) in [6.45, 7) is 13.0. The van der Waals surface area contributed by atoms with E-state index < -0.39 is 0 Å². The van der Waals surface area contributed by atoms with E-state index >= 15 is 0 Å². The monoisotopic (exact) mass is 264 g/mol. The molecule has 0 saturated carbocycles. The van der Waals surface area contributed by atoms with Gasteiger partial charge in [0.1, 0.15) is 17.5 Å². The number of anilines is 2. The van der Waals surface area contributed by atoms with Crippen molar-refractivity contribution in [3.63, 3.8) is 0 Å². The summed E-state index contributed by atoms with van der Waals surface area (Å²) in [6.07, 6.45) is 0.474. The van der Waals surface area contributed by atoms with Gasteiger partial charge in [-0.3, -0.25) is 0 Å². The summed E-state index contributed by atoms with van der Waals surface area (Å²) in [5, 5.41) is 3.31. The fraction of sp³-hybridized carbons (Fsp3) is 0.714. The van der Waals surface area contributed by atoms with Gasteiger partial charge in [-0.2, -0.15) is 0 Å². The van der Waals surface area contributed by atoms with Crippen LogP contribution in [-0.2, 0) is 4.74 Å². The maximum Gasteiger partial charge on any atom is 0.137 e. The molecule has 0 spiro atoms. The number of nitrogens with one attached hydrogen (secondary N) is 1. The molecule has 5 heteroatoms. The molecular weight excluding hydrogens is 240 g/mol. The largest absolute Gasteiger partial charge is 0.372 e. The van der Waals surface area contributed by atoms with E-state index in [0.29, 0.717) is 0 Å². The minimum Gasteiger partial charge on any atom is -0.372 e. The number of aryl methyl sites for hydroxylation is 1. The van der Waals surface area contributed by atoms with E-state index in [2.05, 4.69) is 47.9 Å². The molecule has 1 N–H and O–H groups in total. The van der Waals surface area contributed by atoms with E-state index in [1.807, 2.05) is 6.92 Å². The van der Waals surface area contributed by atoms with Gasteiger partial charge in [0, 0.05) is 25.2 Å². The number of nitrogens with zero attached hydrogens (tertiary/aromatic N) is 3.